The molecule has 24 heavy (non-hydrogen) atoms. The van der Waals surface area contributed by atoms with Crippen molar-refractivity contribution in [2.45, 2.75) is 62.7 Å². The lowest BCUT2D eigenvalue weighted by Crippen LogP contribution is -2.43. The highest BCUT2D eigenvalue weighted by atomic mass is 32.2. The molecule has 2 rings (SSSR count). The zero-order chi connectivity index (χ0) is 18.0. The van der Waals surface area contributed by atoms with Crippen LogP contribution in [0.4, 0.5) is 0 Å². The first-order valence-electron chi connectivity index (χ1n) is 8.40. The van der Waals surface area contributed by atoms with Crippen molar-refractivity contribution in [1.29, 1.82) is 0 Å². The van der Waals surface area contributed by atoms with E-state index in [2.05, 4.69) is 33.9 Å². The smallest absolute Gasteiger partial charge is 0.206 e. The average Bonchev–Trinajstić information content (AvgIpc) is 2.72. The van der Waals surface area contributed by atoms with Crippen molar-refractivity contribution in [2.24, 2.45) is 0 Å². The summed E-state index contributed by atoms with van der Waals surface area (Å²) in [6.45, 7) is 11.0. The molecule has 0 spiro atoms. The van der Waals surface area contributed by atoms with E-state index in [1.807, 2.05) is 12.1 Å². The lowest BCUT2D eigenvalue weighted by Gasteiger charge is -2.38. The van der Waals surface area contributed by atoms with Crippen LogP contribution in [0.15, 0.2) is 58.4 Å². The summed E-state index contributed by atoms with van der Waals surface area (Å²) >= 11 is 0. The Bertz CT molecular complexity index is 726. The molecule has 0 N–H and O–H groups in total. The van der Waals surface area contributed by atoms with Crippen LogP contribution in [0.1, 0.15) is 33.6 Å². The minimum absolute atomic E-state index is 0.0963. The second-order valence-corrected chi connectivity index (χ2v) is 14.5. The molecule has 1 aliphatic carbocycles. The fourth-order valence-corrected chi connectivity index (χ4v) is 5.04. The van der Waals surface area contributed by atoms with Gasteiger partial charge in [0.15, 0.2) is 8.32 Å². The van der Waals surface area contributed by atoms with E-state index in [4.69, 9.17) is 4.43 Å². The van der Waals surface area contributed by atoms with E-state index < -0.39 is 18.2 Å². The van der Waals surface area contributed by atoms with Gasteiger partial charge in [0.05, 0.1) is 15.9 Å². The molecule has 132 valence electrons. The van der Waals surface area contributed by atoms with Crippen LogP contribution < -0.4 is 0 Å². The van der Waals surface area contributed by atoms with Gasteiger partial charge >= 0.3 is 0 Å². The topological polar surface area (TPSA) is 43.4 Å². The Morgan fingerprint density at radius 1 is 1.12 bits per heavy atom. The van der Waals surface area contributed by atoms with Gasteiger partial charge in [0, 0.05) is 0 Å². The number of sulfone groups is 1. The average molecular weight is 365 g/mol. The molecule has 0 bridgehead atoms. The Labute approximate surface area is 147 Å². The molecule has 0 unspecified atom stereocenters. The van der Waals surface area contributed by atoms with Crippen LogP contribution in [0.3, 0.4) is 0 Å². The molecule has 0 aliphatic heterocycles. The second-order valence-electron chi connectivity index (χ2n) is 7.78. The predicted octanol–water partition coefficient (Wildman–Crippen LogP) is 5.08. The summed E-state index contributed by atoms with van der Waals surface area (Å²) < 4.78 is 32.2. The molecule has 0 fully saturated rings. The third kappa shape index (κ3) is 4.26. The molecule has 5 heteroatoms. The van der Waals surface area contributed by atoms with E-state index in [-0.39, 0.29) is 11.1 Å². The predicted molar refractivity (Wildman–Crippen MR) is 102 cm³/mol. The van der Waals surface area contributed by atoms with Gasteiger partial charge in [-0.1, -0.05) is 45.0 Å². The van der Waals surface area contributed by atoms with E-state index in [0.29, 0.717) is 9.80 Å². The molecule has 0 amide bonds. The molecule has 1 aromatic carbocycles. The third-order valence-corrected chi connectivity index (χ3v) is 11.2. The van der Waals surface area contributed by atoms with Gasteiger partial charge in [0.1, 0.15) is 0 Å². The molecular weight excluding hydrogens is 336 g/mol. The summed E-state index contributed by atoms with van der Waals surface area (Å²) in [6, 6.07) is 8.59. The lowest BCUT2D eigenvalue weighted by molar-refractivity contribution is 0.216. The largest absolute Gasteiger partial charge is 0.410 e. The minimum atomic E-state index is -3.50. The highest BCUT2D eigenvalue weighted by molar-refractivity contribution is 7.95. The van der Waals surface area contributed by atoms with Gasteiger partial charge in [-0.25, -0.2) is 8.42 Å². The summed E-state index contributed by atoms with van der Waals surface area (Å²) in [7, 11) is -5.45. The van der Waals surface area contributed by atoms with Crippen LogP contribution in [0.5, 0.6) is 0 Å². The van der Waals surface area contributed by atoms with Gasteiger partial charge in [-0.3, -0.25) is 0 Å². The highest BCUT2D eigenvalue weighted by Gasteiger charge is 2.39. The molecule has 0 saturated carbocycles. The number of benzene rings is 1. The van der Waals surface area contributed by atoms with Crippen LogP contribution in [0.2, 0.25) is 18.1 Å². The minimum Gasteiger partial charge on any atom is -0.410 e. The Morgan fingerprint density at radius 2 is 1.75 bits per heavy atom. The Hall–Kier alpha value is -1.17. The SMILES string of the molecule is CC(C)(C)[Si](C)(C)O[C@@H]1C=C(S(=O)(=O)c2ccccc2)C=CCC1. The Balaban J connectivity index is 2.34. The van der Waals surface area contributed by atoms with Crippen LogP contribution >= 0.6 is 0 Å². The Kier molecular flexibility index (Phi) is 5.57. The lowest BCUT2D eigenvalue weighted by atomic mass is 10.2. The van der Waals surface area contributed by atoms with Crippen molar-refractivity contribution in [3.8, 4) is 0 Å². The van der Waals surface area contributed by atoms with Crippen LogP contribution in [0.25, 0.3) is 0 Å². The molecular formula is C19H28O3SSi. The number of hydrogen-bond acceptors (Lipinski definition) is 3. The monoisotopic (exact) mass is 364 g/mol. The summed E-state index contributed by atoms with van der Waals surface area (Å²) in [5.41, 5.74) is 0. The van der Waals surface area contributed by atoms with Crippen molar-refractivity contribution in [2.75, 3.05) is 0 Å². The van der Waals surface area contributed by atoms with E-state index in [0.717, 1.165) is 12.8 Å². The zero-order valence-electron chi connectivity index (χ0n) is 15.2. The first-order valence-corrected chi connectivity index (χ1v) is 12.8. The van der Waals surface area contributed by atoms with Gasteiger partial charge < -0.3 is 4.43 Å². The van der Waals surface area contributed by atoms with Crippen molar-refractivity contribution in [3.05, 3.63) is 53.5 Å². The van der Waals surface area contributed by atoms with Gasteiger partial charge in [-0.2, -0.15) is 0 Å². The standard InChI is InChI=1S/C19H28O3SSi/c1-19(2,3)24(4,5)22-16-11-9-10-14-18(15-16)23(20,21)17-12-7-6-8-13-17/h6-8,10,12-16H,9,11H2,1-5H3/t16-/m0/s1. The van der Waals surface area contributed by atoms with Gasteiger partial charge in [-0.15, -0.1) is 0 Å². The van der Waals surface area contributed by atoms with E-state index >= 15 is 0 Å². The van der Waals surface area contributed by atoms with Gasteiger partial charge in [0.2, 0.25) is 9.84 Å². The molecule has 3 nitrogen and oxygen atoms in total. The quantitative estimate of drug-likeness (QED) is 0.699. The molecule has 1 atom stereocenters. The van der Waals surface area contributed by atoms with E-state index in [9.17, 15) is 8.42 Å². The molecule has 1 aromatic rings. The maximum atomic E-state index is 12.9. The zero-order valence-corrected chi connectivity index (χ0v) is 17.1. The molecule has 0 aromatic heterocycles. The summed E-state index contributed by atoms with van der Waals surface area (Å²) in [5, 5.41) is 0.0963. The first kappa shape index (κ1) is 19.2. The van der Waals surface area contributed by atoms with E-state index in [1.54, 1.807) is 36.4 Å². The summed E-state index contributed by atoms with van der Waals surface area (Å²) in [5.74, 6) is 0. The molecule has 1 aliphatic rings. The molecule has 0 radical (unpaired) electrons. The fraction of sp³-hybridized carbons (Fsp3) is 0.474. The maximum Gasteiger partial charge on any atom is 0.206 e. The van der Waals surface area contributed by atoms with Crippen molar-refractivity contribution in [3.63, 3.8) is 0 Å². The Morgan fingerprint density at radius 3 is 2.33 bits per heavy atom. The maximum absolute atomic E-state index is 12.9. The van der Waals surface area contributed by atoms with E-state index in [1.165, 1.54) is 0 Å². The highest BCUT2D eigenvalue weighted by Crippen LogP contribution is 2.38. The normalized spacial score (nSPS) is 19.7. The second kappa shape index (κ2) is 6.98. The first-order chi connectivity index (χ1) is 11.0. The number of rotatable bonds is 4. The van der Waals surface area contributed by atoms with Crippen LogP contribution in [-0.4, -0.2) is 22.8 Å². The van der Waals surface area contributed by atoms with Crippen molar-refractivity contribution in [1.82, 2.24) is 0 Å². The van der Waals surface area contributed by atoms with Gasteiger partial charge in [-0.05, 0) is 55.3 Å². The number of hydrogen-bond donors (Lipinski definition) is 0. The third-order valence-electron chi connectivity index (χ3n) is 4.87. The molecule has 0 saturated heterocycles. The number of allylic oxidation sites excluding steroid dienone is 2. The van der Waals surface area contributed by atoms with Crippen molar-refractivity contribution >= 4 is 18.2 Å². The van der Waals surface area contributed by atoms with Gasteiger partial charge in [0.25, 0.3) is 0 Å². The summed E-state index contributed by atoms with van der Waals surface area (Å²) in [6.07, 6.45) is 6.93. The molecule has 0 heterocycles. The van der Waals surface area contributed by atoms with Crippen LogP contribution in [-0.2, 0) is 14.3 Å². The fourth-order valence-electron chi connectivity index (χ4n) is 2.35. The summed E-state index contributed by atoms with van der Waals surface area (Å²) in [4.78, 5) is 0.670. The van der Waals surface area contributed by atoms with Crippen molar-refractivity contribution < 1.29 is 12.8 Å². The van der Waals surface area contributed by atoms with Crippen LogP contribution in [0, 0.1) is 0 Å².